The Morgan fingerprint density at radius 3 is 2.14 bits per heavy atom. The topological polar surface area (TPSA) is 146 Å². The molecule has 1 unspecified atom stereocenters. The number of nitrogens with one attached hydrogen (secondary N) is 3. The van der Waals surface area contributed by atoms with Gasteiger partial charge in [-0.05, 0) is 43.2 Å². The maximum atomic E-state index is 13.6. The van der Waals surface area contributed by atoms with Gasteiger partial charge in [-0.2, -0.15) is 0 Å². The summed E-state index contributed by atoms with van der Waals surface area (Å²) in [5.41, 5.74) is 4.38. The van der Waals surface area contributed by atoms with Crippen molar-refractivity contribution >= 4 is 40.7 Å². The highest BCUT2D eigenvalue weighted by Gasteiger charge is 2.29. The molecule has 2 heterocycles. The number of urea groups is 1. The zero-order valence-corrected chi connectivity index (χ0v) is 31.6. The van der Waals surface area contributed by atoms with Crippen molar-refractivity contribution in [2.75, 3.05) is 6.54 Å². The molecular weight excluding hydrogens is 685 g/mol. The van der Waals surface area contributed by atoms with Gasteiger partial charge in [0.15, 0.2) is 0 Å². The number of amides is 4. The Balaban J connectivity index is 1.45. The number of aliphatic hydroxyl groups is 1. The number of hydrogen-bond acceptors (Lipinski definition) is 9. The van der Waals surface area contributed by atoms with Gasteiger partial charge in [0.05, 0.1) is 39.8 Å². The number of nitrogens with zero attached hydrogens (tertiary/aromatic N) is 3. The van der Waals surface area contributed by atoms with E-state index in [1.54, 1.807) is 34.9 Å². The van der Waals surface area contributed by atoms with E-state index in [2.05, 4.69) is 34.8 Å². The molecule has 0 spiro atoms. The molecule has 0 aliphatic heterocycles. The van der Waals surface area contributed by atoms with E-state index in [-0.39, 0.29) is 30.9 Å². The van der Waals surface area contributed by atoms with Crippen LogP contribution in [-0.2, 0) is 35.5 Å². The summed E-state index contributed by atoms with van der Waals surface area (Å²) < 4.78 is 5.42. The predicted octanol–water partition coefficient (Wildman–Crippen LogP) is 6.30. The summed E-state index contributed by atoms with van der Waals surface area (Å²) in [6.45, 7) is 10.8. The zero-order chi connectivity index (χ0) is 36.8. The Morgan fingerprint density at radius 1 is 0.882 bits per heavy atom. The zero-order valence-electron chi connectivity index (χ0n) is 30.0. The fourth-order valence-electron chi connectivity index (χ4n) is 5.53. The minimum atomic E-state index is -1.05. The molecule has 51 heavy (non-hydrogen) atoms. The molecule has 11 nitrogen and oxygen atoms in total. The van der Waals surface area contributed by atoms with E-state index in [4.69, 9.17) is 9.72 Å². The Hall–Kier alpha value is -4.33. The third-order valence-electron chi connectivity index (χ3n) is 8.11. The van der Waals surface area contributed by atoms with Crippen LogP contribution in [0.25, 0.3) is 0 Å². The first kappa shape index (κ1) is 39.5. The third-order valence-corrected chi connectivity index (χ3v) is 10.1. The molecule has 0 saturated heterocycles. The number of benzene rings is 2. The van der Waals surface area contributed by atoms with E-state index in [0.717, 1.165) is 26.7 Å². The summed E-state index contributed by atoms with van der Waals surface area (Å²) in [6.07, 6.45) is 0.844. The standard InChI is InChI=1S/C38H50N6O5S2/c1-25(2)20-44(21-31-23-50-36(42-31)26(3)4)37(47)40-27(5)35(46)41-30(16-28-12-8-6-9-13-28)18-34(45)33(17-29-14-10-7-11-15-29)43-38(48)49-22-32-19-39-24-51-32/h6-15,19,23-27,30,33-34,45H,16-18,20-22H2,1-5H3,(H,40,47)(H,41,46)(H,43,48)/t27?,30-,33-,34-/m0/s1. The SMILES string of the molecule is CC(C)CN(Cc1csc(C(C)C)n1)C(=O)NC(C)C(=O)N[C@@H](Cc1ccccc1)C[C@H](O)[C@H](Cc1ccccc1)NC(=O)OCc1cncs1. The molecule has 4 aromatic rings. The highest BCUT2D eigenvalue weighted by Crippen LogP contribution is 2.21. The molecule has 4 rings (SSSR count). The normalized spacial score (nSPS) is 13.6. The van der Waals surface area contributed by atoms with Crippen LogP contribution in [-0.4, -0.2) is 68.8 Å². The molecule has 0 fully saturated rings. The number of aliphatic hydroxyl groups excluding tert-OH is 1. The van der Waals surface area contributed by atoms with Gasteiger partial charge in [-0.15, -0.1) is 22.7 Å². The first-order chi connectivity index (χ1) is 24.5. The smallest absolute Gasteiger partial charge is 0.407 e. The average molecular weight is 735 g/mol. The summed E-state index contributed by atoms with van der Waals surface area (Å²) in [4.78, 5) is 51.2. The van der Waals surface area contributed by atoms with Gasteiger partial charge in [-0.3, -0.25) is 9.78 Å². The van der Waals surface area contributed by atoms with Crippen LogP contribution in [0.3, 0.4) is 0 Å². The Kier molecular flexibility index (Phi) is 15.4. The van der Waals surface area contributed by atoms with Gasteiger partial charge < -0.3 is 30.7 Å². The lowest BCUT2D eigenvalue weighted by atomic mass is 9.93. The maximum Gasteiger partial charge on any atom is 0.407 e. The van der Waals surface area contributed by atoms with Crippen LogP contribution < -0.4 is 16.0 Å². The number of hydrogen-bond donors (Lipinski definition) is 4. The quantitative estimate of drug-likeness (QED) is 0.0940. The number of thiazole rings is 2. The van der Waals surface area contributed by atoms with Gasteiger partial charge in [-0.25, -0.2) is 14.6 Å². The van der Waals surface area contributed by atoms with Crippen molar-refractivity contribution in [1.29, 1.82) is 0 Å². The van der Waals surface area contributed by atoms with Crippen molar-refractivity contribution < 1.29 is 24.2 Å². The van der Waals surface area contributed by atoms with Crippen molar-refractivity contribution in [3.8, 4) is 0 Å². The summed E-state index contributed by atoms with van der Waals surface area (Å²) in [5, 5.41) is 23.4. The van der Waals surface area contributed by atoms with E-state index in [1.807, 2.05) is 79.9 Å². The number of carbonyl (C=O) groups excluding carboxylic acids is 3. The summed E-state index contributed by atoms with van der Waals surface area (Å²) in [7, 11) is 0. The molecule has 4 amide bonds. The van der Waals surface area contributed by atoms with Gasteiger partial charge >= 0.3 is 12.1 Å². The van der Waals surface area contributed by atoms with Crippen LogP contribution >= 0.6 is 22.7 Å². The number of rotatable bonds is 18. The number of ether oxygens (including phenoxy) is 1. The number of aromatic nitrogens is 2. The molecule has 2 aromatic carbocycles. The van der Waals surface area contributed by atoms with E-state index >= 15 is 0 Å². The molecule has 2 aromatic heterocycles. The van der Waals surface area contributed by atoms with E-state index in [1.165, 1.54) is 11.3 Å². The van der Waals surface area contributed by atoms with Gasteiger partial charge in [-0.1, -0.05) is 88.4 Å². The van der Waals surface area contributed by atoms with Crippen molar-refractivity contribution in [2.45, 2.75) is 97.2 Å². The molecule has 13 heteroatoms. The van der Waals surface area contributed by atoms with E-state index < -0.39 is 30.3 Å². The lowest BCUT2D eigenvalue weighted by molar-refractivity contribution is -0.123. The predicted molar refractivity (Wildman–Crippen MR) is 202 cm³/mol. The Morgan fingerprint density at radius 2 is 1.55 bits per heavy atom. The number of carbonyl (C=O) groups is 3. The van der Waals surface area contributed by atoms with Gasteiger partial charge in [0.25, 0.3) is 0 Å². The van der Waals surface area contributed by atoms with Crippen molar-refractivity contribution in [3.05, 3.63) is 104 Å². The van der Waals surface area contributed by atoms with Crippen LogP contribution in [0.1, 0.15) is 73.7 Å². The lowest BCUT2D eigenvalue weighted by Crippen LogP contribution is -2.53. The second-order valence-corrected chi connectivity index (χ2v) is 15.3. The molecular formula is C38H50N6O5S2. The van der Waals surface area contributed by atoms with E-state index in [0.29, 0.717) is 31.8 Å². The molecule has 0 aliphatic rings. The minimum absolute atomic E-state index is 0.0678. The van der Waals surface area contributed by atoms with Crippen LogP contribution in [0.2, 0.25) is 0 Å². The second-order valence-electron chi connectivity index (χ2n) is 13.5. The monoisotopic (exact) mass is 734 g/mol. The molecule has 274 valence electrons. The van der Waals surface area contributed by atoms with Crippen molar-refractivity contribution in [3.63, 3.8) is 0 Å². The fraction of sp³-hybridized carbons (Fsp3) is 0.447. The highest BCUT2D eigenvalue weighted by atomic mass is 32.1. The highest BCUT2D eigenvalue weighted by molar-refractivity contribution is 7.09. The van der Waals surface area contributed by atoms with Gasteiger partial charge in [0, 0.05) is 30.1 Å². The minimum Gasteiger partial charge on any atom is -0.444 e. The van der Waals surface area contributed by atoms with Crippen LogP contribution in [0.5, 0.6) is 0 Å². The van der Waals surface area contributed by atoms with Gasteiger partial charge in [0.1, 0.15) is 12.6 Å². The number of alkyl carbamates (subject to hydrolysis) is 1. The average Bonchev–Trinajstić information content (AvgIpc) is 3.80. The first-order valence-electron chi connectivity index (χ1n) is 17.3. The summed E-state index contributed by atoms with van der Waals surface area (Å²) in [5.74, 6) is 0.130. The molecule has 0 radical (unpaired) electrons. The maximum absolute atomic E-state index is 13.6. The van der Waals surface area contributed by atoms with Crippen LogP contribution in [0.15, 0.2) is 77.8 Å². The van der Waals surface area contributed by atoms with E-state index in [9.17, 15) is 19.5 Å². The molecule has 4 N–H and O–H groups in total. The molecule has 4 atom stereocenters. The Bertz CT molecular complexity index is 1630. The second kappa shape index (κ2) is 19.9. The van der Waals surface area contributed by atoms with Crippen molar-refractivity contribution in [2.24, 2.45) is 5.92 Å². The molecule has 0 aliphatic carbocycles. The third kappa shape index (κ3) is 13.4. The Labute approximate surface area is 308 Å². The molecule has 0 bridgehead atoms. The van der Waals surface area contributed by atoms with Crippen LogP contribution in [0.4, 0.5) is 9.59 Å². The fourth-order valence-corrected chi connectivity index (χ4v) is 6.86. The first-order valence-corrected chi connectivity index (χ1v) is 19.1. The lowest BCUT2D eigenvalue weighted by Gasteiger charge is -2.29. The van der Waals surface area contributed by atoms with Crippen LogP contribution in [0, 0.1) is 5.92 Å². The summed E-state index contributed by atoms with van der Waals surface area (Å²) >= 11 is 2.96. The largest absolute Gasteiger partial charge is 0.444 e. The van der Waals surface area contributed by atoms with Crippen molar-refractivity contribution in [1.82, 2.24) is 30.8 Å². The van der Waals surface area contributed by atoms with Gasteiger partial charge in [0.2, 0.25) is 5.91 Å². The summed E-state index contributed by atoms with van der Waals surface area (Å²) in [6, 6.07) is 16.8. The molecule has 0 saturated carbocycles.